The number of alkyl halides is 4. The number of imidazole rings is 1. The highest BCUT2D eigenvalue weighted by atomic mass is 19.3. The van der Waals surface area contributed by atoms with Gasteiger partial charge in [-0.3, -0.25) is 33.5 Å². The second kappa shape index (κ2) is 15.3. The van der Waals surface area contributed by atoms with Gasteiger partial charge in [-0.25, -0.2) is 31.9 Å². The average molecular weight is 835 g/mol. The third-order valence-electron chi connectivity index (χ3n) is 12.8. The van der Waals surface area contributed by atoms with Crippen molar-refractivity contribution in [3.8, 4) is 0 Å². The van der Waals surface area contributed by atoms with Crippen molar-refractivity contribution in [3.05, 3.63) is 64.6 Å². The second-order valence-corrected chi connectivity index (χ2v) is 16.6. The fourth-order valence-corrected chi connectivity index (χ4v) is 9.51. The first kappa shape index (κ1) is 39.7. The maximum atomic E-state index is 14.2. The fraction of sp³-hybridized carbons (Fsp3) is 0.525. The van der Waals surface area contributed by atoms with Crippen LogP contribution in [-0.4, -0.2) is 108 Å². The van der Waals surface area contributed by atoms with E-state index >= 15 is 0 Å². The van der Waals surface area contributed by atoms with Crippen molar-refractivity contribution in [1.29, 1.82) is 0 Å². The maximum Gasteiger partial charge on any atom is 0.329 e. The third-order valence-corrected chi connectivity index (χ3v) is 12.8. The van der Waals surface area contributed by atoms with Crippen molar-refractivity contribution in [2.75, 3.05) is 54.9 Å². The van der Waals surface area contributed by atoms with Crippen LogP contribution in [0.25, 0.3) is 16.7 Å². The number of imide groups is 1. The number of carbonyl (C=O) groups is 3. The molecule has 7 heterocycles. The van der Waals surface area contributed by atoms with Gasteiger partial charge in [-0.1, -0.05) is 6.07 Å². The van der Waals surface area contributed by atoms with E-state index in [4.69, 9.17) is 0 Å². The molecule has 5 aromatic rings. The number of amides is 3. The number of para-hydroxylation sites is 1. The average Bonchev–Trinajstić information content (AvgIpc) is 3.91. The molecule has 9 rings (SSSR count). The van der Waals surface area contributed by atoms with Crippen LogP contribution in [0.2, 0.25) is 0 Å². The van der Waals surface area contributed by atoms with Gasteiger partial charge in [0.05, 0.1) is 47.7 Å². The van der Waals surface area contributed by atoms with Crippen LogP contribution in [0.4, 0.5) is 34.8 Å². The summed E-state index contributed by atoms with van der Waals surface area (Å²) in [6.07, 6.45) is 6.86. The first-order valence-electron chi connectivity index (χ1n) is 20.4. The minimum absolute atomic E-state index is 0.0124. The molecular formula is C40H46F4N12O4. The highest BCUT2D eigenvalue weighted by molar-refractivity contribution is 6.08. The molecule has 1 aliphatic carbocycles. The molecule has 2 N–H and O–H groups in total. The number of anilines is 3. The maximum absolute atomic E-state index is 14.2. The number of piperidine rings is 2. The van der Waals surface area contributed by atoms with Crippen molar-refractivity contribution < 1.29 is 31.9 Å². The standard InChI is InChI=1S/C40H46F4N12O4/c1-50(24-12-15-52(16-13-24)28-4-3-5-29-34(28)51(2)39(60)56(29)30-10-11-32(57)48-38(30)59)19-23-6-8-25(9-7-23)55-20-27(33(49-55)35(41)42)46-37(58)26-18-45-54-17-14-31(47-36(26)54)53-21-40(43,44)22-53/h3-5,14,17-18,20,23-25,30,35H,6-13,15-16,19,21-22H2,1-2H3,(H,46,58)(H,48,57,59)/t23-,25-,30?. The molecule has 60 heavy (non-hydrogen) atoms. The Balaban J connectivity index is 0.800. The van der Waals surface area contributed by atoms with E-state index < -0.39 is 49.0 Å². The molecule has 0 radical (unpaired) electrons. The molecule has 1 atom stereocenters. The molecule has 0 spiro atoms. The number of rotatable bonds is 10. The quantitative estimate of drug-likeness (QED) is 0.151. The van der Waals surface area contributed by atoms with Gasteiger partial charge in [0.2, 0.25) is 11.8 Å². The van der Waals surface area contributed by atoms with Gasteiger partial charge >= 0.3 is 5.69 Å². The van der Waals surface area contributed by atoms with Crippen LogP contribution in [0.5, 0.6) is 0 Å². The highest BCUT2D eigenvalue weighted by Crippen LogP contribution is 2.37. The van der Waals surface area contributed by atoms with E-state index in [1.807, 2.05) is 18.2 Å². The monoisotopic (exact) mass is 834 g/mol. The summed E-state index contributed by atoms with van der Waals surface area (Å²) in [4.78, 5) is 61.8. The number of hydrogen-bond donors (Lipinski definition) is 2. The number of nitrogens with one attached hydrogen (secondary N) is 2. The summed E-state index contributed by atoms with van der Waals surface area (Å²) < 4.78 is 61.4. The zero-order valence-electron chi connectivity index (χ0n) is 33.2. The summed E-state index contributed by atoms with van der Waals surface area (Å²) in [5.41, 5.74) is 1.57. The third kappa shape index (κ3) is 7.27. The first-order chi connectivity index (χ1) is 28.7. The molecule has 20 heteroatoms. The van der Waals surface area contributed by atoms with Gasteiger partial charge in [-0.2, -0.15) is 10.2 Å². The van der Waals surface area contributed by atoms with Crippen LogP contribution in [0.15, 0.2) is 47.7 Å². The molecule has 0 bridgehead atoms. The van der Waals surface area contributed by atoms with Crippen LogP contribution in [-0.2, 0) is 16.6 Å². The Labute approximate surface area is 341 Å². The van der Waals surface area contributed by atoms with Crippen molar-refractivity contribution in [3.63, 3.8) is 0 Å². The second-order valence-electron chi connectivity index (χ2n) is 16.6. The summed E-state index contributed by atoms with van der Waals surface area (Å²) in [7, 11) is 3.87. The van der Waals surface area contributed by atoms with E-state index in [1.54, 1.807) is 16.3 Å². The first-order valence-corrected chi connectivity index (χ1v) is 20.4. The van der Waals surface area contributed by atoms with Crippen molar-refractivity contribution in [2.24, 2.45) is 13.0 Å². The van der Waals surface area contributed by atoms with Gasteiger partial charge in [0, 0.05) is 51.5 Å². The molecule has 1 aromatic carbocycles. The van der Waals surface area contributed by atoms with E-state index in [0.29, 0.717) is 17.5 Å². The van der Waals surface area contributed by atoms with Gasteiger partial charge in [0.15, 0.2) is 11.3 Å². The van der Waals surface area contributed by atoms with Gasteiger partial charge in [0.1, 0.15) is 17.4 Å². The lowest BCUT2D eigenvalue weighted by Crippen LogP contribution is -2.56. The zero-order valence-corrected chi connectivity index (χ0v) is 33.2. The number of carbonyl (C=O) groups excluding carboxylic acids is 3. The fourth-order valence-electron chi connectivity index (χ4n) is 9.51. The summed E-state index contributed by atoms with van der Waals surface area (Å²) in [6, 6.07) is 6.79. The Morgan fingerprint density at radius 1 is 1.02 bits per heavy atom. The number of halogens is 4. The minimum Gasteiger partial charge on any atom is -0.370 e. The number of aryl methyl sites for hydroxylation is 1. The highest BCUT2D eigenvalue weighted by Gasteiger charge is 2.44. The van der Waals surface area contributed by atoms with Crippen LogP contribution in [0, 0.1) is 5.92 Å². The molecule has 1 saturated carbocycles. The predicted molar refractivity (Wildman–Crippen MR) is 213 cm³/mol. The predicted octanol–water partition coefficient (Wildman–Crippen LogP) is 4.53. The molecule has 318 valence electrons. The van der Waals surface area contributed by atoms with Crippen molar-refractivity contribution in [1.82, 2.24) is 43.7 Å². The Bertz CT molecular complexity index is 2520. The zero-order chi connectivity index (χ0) is 42.0. The number of benzene rings is 1. The molecule has 4 fully saturated rings. The van der Waals surface area contributed by atoms with Crippen molar-refractivity contribution in [2.45, 2.75) is 81.8 Å². The lowest BCUT2D eigenvalue weighted by Gasteiger charge is -2.40. The van der Waals surface area contributed by atoms with E-state index in [0.717, 1.165) is 69.4 Å². The molecule has 1 unspecified atom stereocenters. The molecule has 3 aliphatic heterocycles. The van der Waals surface area contributed by atoms with Crippen LogP contribution in [0.3, 0.4) is 0 Å². The largest absolute Gasteiger partial charge is 0.370 e. The lowest BCUT2D eigenvalue weighted by molar-refractivity contribution is -0.135. The number of nitrogens with zero attached hydrogens (tertiary/aromatic N) is 10. The van der Waals surface area contributed by atoms with Crippen LogP contribution >= 0.6 is 0 Å². The van der Waals surface area contributed by atoms with Gasteiger partial charge < -0.3 is 20.0 Å². The SMILES string of the molecule is CN(C[C@H]1CC[C@H](n2cc(NC(=O)c3cnn4ccc(N5CC(F)(F)C5)nc34)c(C(F)F)n2)CC1)C1CCN(c2cccc3c2n(C)c(=O)n3C2CCC(=O)NC2=O)CC1. The Hall–Kier alpha value is -5.79. The summed E-state index contributed by atoms with van der Waals surface area (Å²) >= 11 is 0. The van der Waals surface area contributed by atoms with Crippen molar-refractivity contribution >= 4 is 51.6 Å². The molecule has 16 nitrogen and oxygen atoms in total. The van der Waals surface area contributed by atoms with Gasteiger partial charge in [0.25, 0.3) is 18.3 Å². The van der Waals surface area contributed by atoms with E-state index in [9.17, 15) is 36.7 Å². The minimum atomic E-state index is -2.93. The topological polar surface area (TPSA) is 160 Å². The molecule has 3 amide bonds. The van der Waals surface area contributed by atoms with E-state index in [2.05, 4.69) is 42.7 Å². The summed E-state index contributed by atoms with van der Waals surface area (Å²) in [6.45, 7) is 1.50. The van der Waals surface area contributed by atoms with Gasteiger partial charge in [-0.15, -0.1) is 0 Å². The molecule has 4 aliphatic rings. The number of aromatic nitrogens is 7. The van der Waals surface area contributed by atoms with E-state index in [-0.39, 0.29) is 53.2 Å². The van der Waals surface area contributed by atoms with Gasteiger partial charge in [-0.05, 0) is 76.1 Å². The summed E-state index contributed by atoms with van der Waals surface area (Å²) in [5.74, 6) is -3.63. The lowest BCUT2D eigenvalue weighted by atomic mass is 9.85. The Kier molecular flexibility index (Phi) is 10.1. The number of fused-ring (bicyclic) bond motifs is 2. The summed E-state index contributed by atoms with van der Waals surface area (Å²) in [5, 5.41) is 13.3. The smallest absolute Gasteiger partial charge is 0.329 e. The number of hydrogen-bond acceptors (Lipinski definition) is 10. The van der Waals surface area contributed by atoms with Crippen LogP contribution in [0.1, 0.15) is 85.9 Å². The molecule has 3 saturated heterocycles. The molecular weight excluding hydrogens is 789 g/mol. The normalized spacial score (nSPS) is 22.6. The van der Waals surface area contributed by atoms with E-state index in [1.165, 1.54) is 38.6 Å². The Morgan fingerprint density at radius 3 is 2.47 bits per heavy atom. The Morgan fingerprint density at radius 2 is 1.77 bits per heavy atom. The molecule has 4 aromatic heterocycles. The van der Waals surface area contributed by atoms with Crippen LogP contribution < -0.4 is 26.1 Å².